The van der Waals surface area contributed by atoms with Gasteiger partial charge in [-0.1, -0.05) is 111 Å². The van der Waals surface area contributed by atoms with Gasteiger partial charge in [0.1, 0.15) is 17.8 Å². The Balaban J connectivity index is 1.72. The lowest BCUT2D eigenvalue weighted by Crippen LogP contribution is -2.57. The van der Waals surface area contributed by atoms with Crippen molar-refractivity contribution in [3.8, 4) is 11.3 Å². The average molecular weight is 707 g/mol. The zero-order valence-electron chi connectivity index (χ0n) is 31.8. The quantitative estimate of drug-likeness (QED) is 0.127. The normalized spacial score (nSPS) is 17.0. The van der Waals surface area contributed by atoms with Crippen molar-refractivity contribution in [2.24, 2.45) is 11.3 Å². The molecule has 0 aliphatic carbocycles. The molecule has 280 valence electrons. The second-order valence-corrected chi connectivity index (χ2v) is 15.2. The molecule has 1 aromatic carbocycles. The monoisotopic (exact) mass is 706 g/mol. The molecule has 1 fully saturated rings. The predicted molar refractivity (Wildman–Crippen MR) is 200 cm³/mol. The smallest absolute Gasteiger partial charge is 0.506 e. The summed E-state index contributed by atoms with van der Waals surface area (Å²) in [7, 11) is -1.15. The highest BCUT2D eigenvalue weighted by Gasteiger charge is 2.47. The first kappa shape index (κ1) is 41.7. The standard InChI is InChI=1S/C39H59BN4O7/c1-9-11-16-26(5)29-19-20-30(42-35(29)28-17-14-13-15-18-28)36(47)44-34(27(6)45)37(48)43-32(22-25(3)4)40-50-31(38(49)51-40)23-33(46)41-24-39(7,8)21-12-10-2/h13-15,17-20,25-27,31-32,34,45H,9-12,16,21-24H2,1-8H3,(H,41,46)(H,43,48)(H,44,47)/t26?,27-,31-,32+,34+/m1/s1. The molecule has 1 saturated heterocycles. The Morgan fingerprint density at radius 1 is 0.980 bits per heavy atom. The molecule has 0 radical (unpaired) electrons. The number of pyridine rings is 1. The van der Waals surface area contributed by atoms with Crippen molar-refractivity contribution in [2.45, 2.75) is 137 Å². The molecular weight excluding hydrogens is 647 g/mol. The van der Waals surface area contributed by atoms with Gasteiger partial charge in [0.15, 0.2) is 0 Å². The van der Waals surface area contributed by atoms with Crippen molar-refractivity contribution in [1.82, 2.24) is 20.9 Å². The van der Waals surface area contributed by atoms with Gasteiger partial charge in [-0.3, -0.25) is 19.2 Å². The minimum atomic E-state index is -1.34. The van der Waals surface area contributed by atoms with Crippen molar-refractivity contribution < 1.29 is 33.6 Å². The fourth-order valence-electron chi connectivity index (χ4n) is 6.19. The highest BCUT2D eigenvalue weighted by atomic mass is 16.7. The summed E-state index contributed by atoms with van der Waals surface area (Å²) in [5.41, 5.74) is 2.64. The molecule has 11 nitrogen and oxygen atoms in total. The molecule has 0 saturated carbocycles. The van der Waals surface area contributed by atoms with Gasteiger partial charge in [0.2, 0.25) is 11.8 Å². The second kappa shape index (κ2) is 19.7. The molecule has 51 heavy (non-hydrogen) atoms. The molecule has 1 aliphatic heterocycles. The van der Waals surface area contributed by atoms with Gasteiger partial charge in [-0.05, 0) is 55.1 Å². The number of benzene rings is 1. The van der Waals surface area contributed by atoms with Gasteiger partial charge >= 0.3 is 13.1 Å². The molecule has 1 unspecified atom stereocenters. The van der Waals surface area contributed by atoms with Crippen LogP contribution in [0.4, 0.5) is 0 Å². The number of hydrogen-bond acceptors (Lipinski definition) is 8. The summed E-state index contributed by atoms with van der Waals surface area (Å²) in [4.78, 5) is 57.5. The zero-order chi connectivity index (χ0) is 37.7. The van der Waals surface area contributed by atoms with Gasteiger partial charge in [0, 0.05) is 12.1 Å². The maximum atomic E-state index is 13.7. The van der Waals surface area contributed by atoms with Gasteiger partial charge in [0.25, 0.3) is 5.91 Å². The number of aromatic nitrogens is 1. The SMILES string of the molecule is CCCCC(C)c1ccc(C(=O)N[C@H](C(=O)N[C@@H](CC(C)C)B2OC(=O)[C@@H](CC(=O)NCC(C)(C)CCCC)O2)[C@@H](C)O)nc1-c1ccccc1. The number of aliphatic hydroxyl groups excluding tert-OH is 1. The van der Waals surface area contributed by atoms with E-state index in [1.807, 2.05) is 50.2 Å². The Morgan fingerprint density at radius 3 is 2.29 bits per heavy atom. The van der Waals surface area contributed by atoms with Gasteiger partial charge in [-0.2, -0.15) is 0 Å². The van der Waals surface area contributed by atoms with Crippen molar-refractivity contribution in [2.75, 3.05) is 6.54 Å². The van der Waals surface area contributed by atoms with Crippen LogP contribution in [0, 0.1) is 11.3 Å². The van der Waals surface area contributed by atoms with Crippen molar-refractivity contribution >= 4 is 30.8 Å². The predicted octanol–water partition coefficient (Wildman–Crippen LogP) is 5.74. The highest BCUT2D eigenvalue weighted by Crippen LogP contribution is 2.31. The molecule has 2 aromatic rings. The third kappa shape index (κ3) is 12.8. The molecule has 3 rings (SSSR count). The average Bonchev–Trinajstić information content (AvgIpc) is 3.46. The molecule has 0 spiro atoms. The van der Waals surface area contributed by atoms with E-state index < -0.39 is 49.1 Å². The molecule has 3 amide bonds. The van der Waals surface area contributed by atoms with E-state index in [2.05, 4.69) is 50.6 Å². The Hall–Kier alpha value is -3.77. The van der Waals surface area contributed by atoms with Crippen LogP contribution < -0.4 is 16.0 Å². The Bertz CT molecular complexity index is 1450. The van der Waals surface area contributed by atoms with Crippen LogP contribution >= 0.6 is 0 Å². The molecule has 1 aliphatic rings. The van der Waals surface area contributed by atoms with E-state index >= 15 is 0 Å². The lowest BCUT2D eigenvalue weighted by atomic mass is 9.74. The van der Waals surface area contributed by atoms with Crippen LogP contribution in [-0.4, -0.2) is 71.6 Å². The van der Waals surface area contributed by atoms with E-state index in [-0.39, 0.29) is 35.3 Å². The number of unbranched alkanes of at least 4 members (excludes halogenated alkanes) is 2. The van der Waals surface area contributed by atoms with Gasteiger partial charge in [0.05, 0.1) is 24.2 Å². The van der Waals surface area contributed by atoms with Gasteiger partial charge < -0.3 is 30.4 Å². The van der Waals surface area contributed by atoms with Gasteiger partial charge in [-0.25, -0.2) is 4.98 Å². The second-order valence-electron chi connectivity index (χ2n) is 15.2. The number of nitrogens with zero attached hydrogens (tertiary/aromatic N) is 1. The first-order valence-corrected chi connectivity index (χ1v) is 18.6. The Labute approximate surface area is 304 Å². The summed E-state index contributed by atoms with van der Waals surface area (Å²) < 4.78 is 11.4. The van der Waals surface area contributed by atoms with Crippen LogP contribution in [0.25, 0.3) is 11.3 Å². The fourth-order valence-corrected chi connectivity index (χ4v) is 6.19. The maximum Gasteiger partial charge on any atom is 0.552 e. The number of amides is 3. The maximum absolute atomic E-state index is 13.7. The van der Waals surface area contributed by atoms with Gasteiger partial charge in [-0.15, -0.1) is 0 Å². The summed E-state index contributed by atoms with van der Waals surface area (Å²) >= 11 is 0. The fraction of sp³-hybridized carbons (Fsp3) is 0.615. The number of nitrogens with one attached hydrogen (secondary N) is 3. The number of hydrogen-bond donors (Lipinski definition) is 4. The Kier molecular flexibility index (Phi) is 16.1. The van der Waals surface area contributed by atoms with E-state index in [0.717, 1.165) is 49.7 Å². The van der Waals surface area contributed by atoms with Crippen LogP contribution in [0.3, 0.4) is 0 Å². The molecule has 12 heteroatoms. The lowest BCUT2D eigenvalue weighted by molar-refractivity contribution is -0.139. The van der Waals surface area contributed by atoms with Crippen LogP contribution in [0.15, 0.2) is 42.5 Å². The summed E-state index contributed by atoms with van der Waals surface area (Å²) in [6.45, 7) is 16.4. The lowest BCUT2D eigenvalue weighted by Gasteiger charge is -2.26. The van der Waals surface area contributed by atoms with E-state index in [9.17, 15) is 24.3 Å². The first-order valence-electron chi connectivity index (χ1n) is 18.6. The van der Waals surface area contributed by atoms with Crippen LogP contribution in [0.2, 0.25) is 0 Å². The topological polar surface area (TPSA) is 156 Å². The van der Waals surface area contributed by atoms with Crippen LogP contribution in [0.1, 0.15) is 129 Å². The molecule has 1 aromatic heterocycles. The van der Waals surface area contributed by atoms with E-state index in [1.165, 1.54) is 6.92 Å². The molecule has 4 N–H and O–H groups in total. The largest absolute Gasteiger partial charge is 0.552 e. The molecule has 0 bridgehead atoms. The summed E-state index contributed by atoms with van der Waals surface area (Å²) in [6, 6.07) is 11.9. The number of carbonyl (C=O) groups is 4. The minimum absolute atomic E-state index is 0.0590. The molecule has 5 atom stereocenters. The molecular formula is C39H59BN4O7. The summed E-state index contributed by atoms with van der Waals surface area (Å²) in [5.74, 6) is -2.81. The number of rotatable bonds is 20. The number of aliphatic hydroxyl groups is 1. The zero-order valence-corrected chi connectivity index (χ0v) is 31.8. The molecule has 2 heterocycles. The van der Waals surface area contributed by atoms with Crippen molar-refractivity contribution in [3.05, 3.63) is 53.7 Å². The van der Waals surface area contributed by atoms with E-state index in [4.69, 9.17) is 14.3 Å². The van der Waals surface area contributed by atoms with Crippen LogP contribution in [-0.2, 0) is 23.7 Å². The Morgan fingerprint density at radius 2 is 1.67 bits per heavy atom. The van der Waals surface area contributed by atoms with Crippen LogP contribution in [0.5, 0.6) is 0 Å². The van der Waals surface area contributed by atoms with Crippen molar-refractivity contribution in [1.29, 1.82) is 0 Å². The summed E-state index contributed by atoms with van der Waals surface area (Å²) in [5, 5.41) is 19.1. The minimum Gasteiger partial charge on any atom is -0.506 e. The summed E-state index contributed by atoms with van der Waals surface area (Å²) in [6.07, 6.45) is 4.00. The van der Waals surface area contributed by atoms with E-state index in [1.54, 1.807) is 6.07 Å². The third-order valence-electron chi connectivity index (χ3n) is 9.30. The van der Waals surface area contributed by atoms with E-state index in [0.29, 0.717) is 18.7 Å². The number of carbonyl (C=O) groups excluding carboxylic acids is 4. The third-order valence-corrected chi connectivity index (χ3v) is 9.30. The first-order chi connectivity index (χ1) is 24.1. The highest BCUT2D eigenvalue weighted by molar-refractivity contribution is 6.51. The van der Waals surface area contributed by atoms with Crippen molar-refractivity contribution in [3.63, 3.8) is 0 Å².